The Morgan fingerprint density at radius 2 is 0.607 bits per heavy atom. The normalized spacial score (nSPS) is 11.6. The number of rotatable bonds is 6. The van der Waals surface area contributed by atoms with E-state index in [-0.39, 0.29) is 0 Å². The van der Waals surface area contributed by atoms with Crippen LogP contribution in [0.3, 0.4) is 0 Å². The molecule has 2 heterocycles. The van der Waals surface area contributed by atoms with Gasteiger partial charge in [-0.1, -0.05) is 164 Å². The first-order valence-corrected chi connectivity index (χ1v) is 19.3. The van der Waals surface area contributed by atoms with E-state index in [1.165, 1.54) is 99.5 Å². The van der Waals surface area contributed by atoms with Gasteiger partial charge in [-0.15, -0.1) is 0 Å². The van der Waals surface area contributed by atoms with Crippen LogP contribution in [0.1, 0.15) is 0 Å². The second-order valence-electron chi connectivity index (χ2n) is 14.5. The largest absolute Gasteiger partial charge is 0.309 e. The summed E-state index contributed by atoms with van der Waals surface area (Å²) in [7, 11) is 0. The average molecular weight is 713 g/mol. The van der Waals surface area contributed by atoms with Crippen LogP contribution in [0.2, 0.25) is 0 Å². The van der Waals surface area contributed by atoms with Gasteiger partial charge in [-0.05, 0) is 88.0 Å². The van der Waals surface area contributed by atoms with E-state index in [4.69, 9.17) is 0 Å². The van der Waals surface area contributed by atoms with Crippen molar-refractivity contribution in [3.8, 4) is 55.9 Å². The predicted octanol–water partition coefficient (Wildman–Crippen LogP) is 14.5. The monoisotopic (exact) mass is 712 g/mol. The highest BCUT2D eigenvalue weighted by Gasteiger charge is 2.19. The van der Waals surface area contributed by atoms with Crippen LogP contribution in [-0.2, 0) is 0 Å². The van der Waals surface area contributed by atoms with Crippen molar-refractivity contribution in [2.24, 2.45) is 0 Å². The van der Waals surface area contributed by atoms with Gasteiger partial charge in [-0.3, -0.25) is 0 Å². The minimum atomic E-state index is 1.17. The lowest BCUT2D eigenvalue weighted by Gasteiger charge is -2.16. The zero-order chi connectivity index (χ0) is 37.0. The minimum absolute atomic E-state index is 1.17. The van der Waals surface area contributed by atoms with Crippen molar-refractivity contribution >= 4 is 43.6 Å². The van der Waals surface area contributed by atoms with Crippen molar-refractivity contribution in [1.29, 1.82) is 0 Å². The third-order valence-electron chi connectivity index (χ3n) is 11.3. The van der Waals surface area contributed by atoms with E-state index in [9.17, 15) is 0 Å². The van der Waals surface area contributed by atoms with Crippen LogP contribution >= 0.6 is 0 Å². The summed E-state index contributed by atoms with van der Waals surface area (Å²) in [5, 5.41) is 4.97. The number of nitrogens with zero attached hydrogens (tertiary/aromatic N) is 2. The lowest BCUT2D eigenvalue weighted by molar-refractivity contribution is 1.18. The molecule has 0 aliphatic heterocycles. The van der Waals surface area contributed by atoms with Crippen molar-refractivity contribution in [2.45, 2.75) is 0 Å². The first-order chi connectivity index (χ1) is 27.8. The molecule has 0 saturated heterocycles. The van der Waals surface area contributed by atoms with E-state index in [2.05, 4.69) is 228 Å². The molecule has 0 N–H and O–H groups in total. The zero-order valence-electron chi connectivity index (χ0n) is 30.7. The molecular weight excluding hydrogens is 677 g/mol. The molecular formula is C54H36N2. The molecule has 56 heavy (non-hydrogen) atoms. The molecule has 0 unspecified atom stereocenters. The number of hydrogen-bond acceptors (Lipinski definition) is 0. The number of para-hydroxylation sites is 3. The summed E-state index contributed by atoms with van der Waals surface area (Å²) in [6.07, 6.45) is 0. The Kier molecular flexibility index (Phi) is 7.53. The van der Waals surface area contributed by atoms with Crippen LogP contribution in [0.25, 0.3) is 99.5 Å². The molecule has 0 spiro atoms. The standard InChI is InChI=1S/C54H36N2/c1-4-16-37(17-5-1)40-28-31-52(46(34-40)39-20-8-3-9-21-39)56-51-27-15-12-24-45(51)48-36-42(30-33-54(48)56)41-29-32-53-47(35-41)44-23-11-14-26-50(44)55(53)49-25-13-10-22-43(49)38-18-6-2-7-19-38/h1-36H. The summed E-state index contributed by atoms with van der Waals surface area (Å²) in [4.78, 5) is 0. The first-order valence-electron chi connectivity index (χ1n) is 19.3. The summed E-state index contributed by atoms with van der Waals surface area (Å²) in [6, 6.07) is 79.4. The van der Waals surface area contributed by atoms with Gasteiger partial charge in [-0.2, -0.15) is 0 Å². The molecule has 2 aromatic heterocycles. The Labute approximate surface area is 325 Å². The van der Waals surface area contributed by atoms with E-state index >= 15 is 0 Å². The van der Waals surface area contributed by atoms with E-state index in [0.717, 1.165) is 0 Å². The van der Waals surface area contributed by atoms with Crippen LogP contribution in [0.4, 0.5) is 0 Å². The Morgan fingerprint density at radius 3 is 1.18 bits per heavy atom. The van der Waals surface area contributed by atoms with Crippen LogP contribution in [0, 0.1) is 0 Å². The molecule has 11 rings (SSSR count). The van der Waals surface area contributed by atoms with Gasteiger partial charge in [-0.25, -0.2) is 0 Å². The molecule has 262 valence electrons. The highest BCUT2D eigenvalue weighted by atomic mass is 15.0. The Bertz CT molecular complexity index is 3220. The quantitative estimate of drug-likeness (QED) is 0.162. The Balaban J connectivity index is 1.09. The number of aromatic nitrogens is 2. The van der Waals surface area contributed by atoms with Crippen molar-refractivity contribution in [1.82, 2.24) is 9.13 Å². The summed E-state index contributed by atoms with van der Waals surface area (Å²) < 4.78 is 4.88. The van der Waals surface area contributed by atoms with Crippen LogP contribution < -0.4 is 0 Å². The van der Waals surface area contributed by atoms with Crippen molar-refractivity contribution in [3.05, 3.63) is 218 Å². The summed E-state index contributed by atoms with van der Waals surface area (Å²) in [5.74, 6) is 0. The topological polar surface area (TPSA) is 9.86 Å². The van der Waals surface area contributed by atoms with Gasteiger partial charge in [0.2, 0.25) is 0 Å². The third kappa shape index (κ3) is 5.19. The molecule has 0 atom stereocenters. The fourth-order valence-corrected chi connectivity index (χ4v) is 8.74. The first kappa shape index (κ1) is 32.0. The van der Waals surface area contributed by atoms with Crippen LogP contribution in [-0.4, -0.2) is 9.13 Å². The highest BCUT2D eigenvalue weighted by molar-refractivity contribution is 6.13. The van der Waals surface area contributed by atoms with E-state index < -0.39 is 0 Å². The van der Waals surface area contributed by atoms with Gasteiger partial charge in [0.15, 0.2) is 0 Å². The SMILES string of the molecule is c1ccc(-c2ccc(-n3c4ccccc4c4cc(-c5ccc6c(c5)c5ccccc5n6-c5ccccc5-c5ccccc5)ccc43)c(-c3ccccc3)c2)cc1. The molecule has 0 saturated carbocycles. The van der Waals surface area contributed by atoms with Crippen LogP contribution in [0.5, 0.6) is 0 Å². The second-order valence-corrected chi connectivity index (χ2v) is 14.5. The Morgan fingerprint density at radius 1 is 0.214 bits per heavy atom. The van der Waals surface area contributed by atoms with E-state index in [1.807, 2.05) is 0 Å². The number of hydrogen-bond donors (Lipinski definition) is 0. The fraction of sp³-hybridized carbons (Fsp3) is 0. The van der Waals surface area contributed by atoms with Crippen LogP contribution in [0.15, 0.2) is 218 Å². The smallest absolute Gasteiger partial charge is 0.0541 e. The maximum Gasteiger partial charge on any atom is 0.0541 e. The van der Waals surface area contributed by atoms with Gasteiger partial charge < -0.3 is 9.13 Å². The number of fused-ring (bicyclic) bond motifs is 6. The maximum absolute atomic E-state index is 2.45. The molecule has 0 aliphatic rings. The molecule has 0 aliphatic carbocycles. The van der Waals surface area contributed by atoms with E-state index in [1.54, 1.807) is 0 Å². The van der Waals surface area contributed by atoms with Gasteiger partial charge in [0.1, 0.15) is 0 Å². The molecule has 9 aromatic carbocycles. The summed E-state index contributed by atoms with van der Waals surface area (Å²) in [5.41, 5.74) is 16.8. The van der Waals surface area contributed by atoms with Gasteiger partial charge in [0, 0.05) is 32.7 Å². The number of benzene rings is 9. The van der Waals surface area contributed by atoms with E-state index in [0.29, 0.717) is 0 Å². The van der Waals surface area contributed by atoms with Crippen molar-refractivity contribution < 1.29 is 0 Å². The van der Waals surface area contributed by atoms with Gasteiger partial charge in [0.25, 0.3) is 0 Å². The van der Waals surface area contributed by atoms with Gasteiger partial charge in [0.05, 0.1) is 33.4 Å². The predicted molar refractivity (Wildman–Crippen MR) is 237 cm³/mol. The zero-order valence-corrected chi connectivity index (χ0v) is 30.7. The fourth-order valence-electron chi connectivity index (χ4n) is 8.74. The third-order valence-corrected chi connectivity index (χ3v) is 11.3. The molecule has 0 amide bonds. The Hall–Kier alpha value is -7.42. The van der Waals surface area contributed by atoms with Crippen molar-refractivity contribution in [3.63, 3.8) is 0 Å². The summed E-state index contributed by atoms with van der Waals surface area (Å²) in [6.45, 7) is 0. The van der Waals surface area contributed by atoms with Crippen molar-refractivity contribution in [2.75, 3.05) is 0 Å². The summed E-state index contributed by atoms with van der Waals surface area (Å²) >= 11 is 0. The van der Waals surface area contributed by atoms with Gasteiger partial charge >= 0.3 is 0 Å². The molecule has 0 fully saturated rings. The molecule has 2 heteroatoms. The highest BCUT2D eigenvalue weighted by Crippen LogP contribution is 2.41. The molecule has 11 aromatic rings. The average Bonchev–Trinajstić information content (AvgIpc) is 3.79. The minimum Gasteiger partial charge on any atom is -0.309 e. The second kappa shape index (κ2) is 13.2. The lowest BCUT2D eigenvalue weighted by Crippen LogP contribution is -1.98. The lowest BCUT2D eigenvalue weighted by atomic mass is 9.97. The molecule has 2 nitrogen and oxygen atoms in total. The maximum atomic E-state index is 2.45. The molecule has 0 bridgehead atoms. The molecule has 0 radical (unpaired) electrons.